The van der Waals surface area contributed by atoms with Gasteiger partial charge in [-0.2, -0.15) is 0 Å². The Morgan fingerprint density at radius 2 is 1.48 bits per heavy atom. The van der Waals surface area contributed by atoms with E-state index in [1.54, 1.807) is 0 Å². The molecule has 1 N–H and O–H groups in total. The molecule has 0 saturated carbocycles. The normalized spacial score (nSPS) is 13.2. The molecular weight excluding hydrogens is 358 g/mol. The third-order valence-electron chi connectivity index (χ3n) is 5.05. The zero-order valence-corrected chi connectivity index (χ0v) is 16.7. The summed E-state index contributed by atoms with van der Waals surface area (Å²) in [6, 6.07) is 29.2. The van der Waals surface area contributed by atoms with Gasteiger partial charge in [0.2, 0.25) is 11.8 Å². The lowest BCUT2D eigenvalue weighted by molar-refractivity contribution is 0.383. The quantitative estimate of drug-likeness (QED) is 0.446. The van der Waals surface area contributed by atoms with Crippen molar-refractivity contribution in [2.75, 3.05) is 0 Å². The van der Waals surface area contributed by atoms with Gasteiger partial charge in [0.25, 0.3) is 0 Å². The second-order valence-corrected chi connectivity index (χ2v) is 7.35. The summed E-state index contributed by atoms with van der Waals surface area (Å²) in [6.45, 7) is 4.12. The lowest BCUT2D eigenvalue weighted by atomic mass is 9.98. The summed E-state index contributed by atoms with van der Waals surface area (Å²) in [7, 11) is 0. The molecule has 4 aromatic rings. The van der Waals surface area contributed by atoms with E-state index in [0.29, 0.717) is 11.8 Å². The minimum atomic E-state index is -0.0735. The van der Waals surface area contributed by atoms with Crippen molar-refractivity contribution in [1.82, 2.24) is 15.5 Å². The predicted octanol–water partition coefficient (Wildman–Crippen LogP) is 5.68. The first-order valence-electron chi connectivity index (χ1n) is 9.94. The molecule has 0 fully saturated rings. The first-order chi connectivity index (χ1) is 14.2. The van der Waals surface area contributed by atoms with Gasteiger partial charge in [0.05, 0.1) is 6.04 Å². The van der Waals surface area contributed by atoms with Crippen LogP contribution in [0.15, 0.2) is 89.3 Å². The molecule has 29 heavy (non-hydrogen) atoms. The Bertz CT molecular complexity index is 1030. The van der Waals surface area contributed by atoms with Crippen LogP contribution in [0.4, 0.5) is 0 Å². The molecule has 2 unspecified atom stereocenters. The maximum Gasteiger partial charge on any atom is 0.247 e. The Hall–Kier alpha value is -3.24. The smallest absolute Gasteiger partial charge is 0.247 e. The first kappa shape index (κ1) is 19.1. The Labute approximate surface area is 171 Å². The van der Waals surface area contributed by atoms with Gasteiger partial charge in [-0.25, -0.2) is 0 Å². The molecule has 0 aliphatic carbocycles. The standard InChI is InChI=1S/C25H25N3O/c1-18-13-15-22(16-14-18)25-28-27-24(29-25)19(2)26-23(21-11-7-4-8-12-21)17-20-9-5-3-6-10-20/h3-16,19,23,26H,17H2,1-2H3. The van der Waals surface area contributed by atoms with Crippen LogP contribution in [0.25, 0.3) is 11.5 Å². The van der Waals surface area contributed by atoms with Crippen molar-refractivity contribution in [2.45, 2.75) is 32.4 Å². The Morgan fingerprint density at radius 1 is 0.828 bits per heavy atom. The van der Waals surface area contributed by atoms with Gasteiger partial charge in [0, 0.05) is 11.6 Å². The van der Waals surface area contributed by atoms with Gasteiger partial charge in [0.15, 0.2) is 0 Å². The highest BCUT2D eigenvalue weighted by atomic mass is 16.4. The highest BCUT2D eigenvalue weighted by molar-refractivity contribution is 5.52. The average Bonchev–Trinajstić information content (AvgIpc) is 3.26. The van der Waals surface area contributed by atoms with Gasteiger partial charge in [-0.1, -0.05) is 78.4 Å². The summed E-state index contributed by atoms with van der Waals surface area (Å²) in [4.78, 5) is 0. The van der Waals surface area contributed by atoms with Crippen LogP contribution < -0.4 is 5.32 Å². The van der Waals surface area contributed by atoms with E-state index in [1.807, 2.05) is 36.4 Å². The van der Waals surface area contributed by atoms with Crippen molar-refractivity contribution in [3.63, 3.8) is 0 Å². The van der Waals surface area contributed by atoms with E-state index < -0.39 is 0 Å². The monoisotopic (exact) mass is 383 g/mol. The fourth-order valence-electron chi connectivity index (χ4n) is 3.40. The highest BCUT2D eigenvalue weighted by Crippen LogP contribution is 2.25. The Balaban J connectivity index is 1.53. The van der Waals surface area contributed by atoms with Crippen LogP contribution in [0, 0.1) is 6.92 Å². The lowest BCUT2D eigenvalue weighted by Crippen LogP contribution is -2.26. The third kappa shape index (κ3) is 4.79. The summed E-state index contributed by atoms with van der Waals surface area (Å²) in [5.41, 5.74) is 4.66. The van der Waals surface area contributed by atoms with E-state index in [0.717, 1.165) is 12.0 Å². The minimum absolute atomic E-state index is 0.0735. The molecule has 146 valence electrons. The van der Waals surface area contributed by atoms with Gasteiger partial charge < -0.3 is 4.42 Å². The summed E-state index contributed by atoms with van der Waals surface area (Å²) >= 11 is 0. The first-order valence-corrected chi connectivity index (χ1v) is 9.94. The van der Waals surface area contributed by atoms with Gasteiger partial charge in [0.1, 0.15) is 0 Å². The number of hydrogen-bond acceptors (Lipinski definition) is 4. The zero-order chi connectivity index (χ0) is 20.1. The van der Waals surface area contributed by atoms with Crippen molar-refractivity contribution in [3.05, 3.63) is 108 Å². The summed E-state index contributed by atoms with van der Waals surface area (Å²) in [5, 5.41) is 12.2. The zero-order valence-electron chi connectivity index (χ0n) is 16.7. The third-order valence-corrected chi connectivity index (χ3v) is 5.05. The SMILES string of the molecule is Cc1ccc(-c2nnc(C(C)NC(Cc3ccccc3)c3ccccc3)o2)cc1. The number of benzene rings is 3. The van der Waals surface area contributed by atoms with Gasteiger partial charge in [-0.3, -0.25) is 5.32 Å². The number of hydrogen-bond donors (Lipinski definition) is 1. The molecule has 0 aliphatic heterocycles. The van der Waals surface area contributed by atoms with Crippen molar-refractivity contribution in [1.29, 1.82) is 0 Å². The predicted molar refractivity (Wildman–Crippen MR) is 115 cm³/mol. The van der Waals surface area contributed by atoms with Crippen LogP contribution in [-0.4, -0.2) is 10.2 Å². The molecule has 1 heterocycles. The summed E-state index contributed by atoms with van der Waals surface area (Å²) in [6.07, 6.45) is 0.883. The van der Waals surface area contributed by atoms with Gasteiger partial charge in [-0.05, 0) is 43.5 Å². The van der Waals surface area contributed by atoms with E-state index >= 15 is 0 Å². The van der Waals surface area contributed by atoms with Crippen LogP contribution in [-0.2, 0) is 6.42 Å². The molecule has 0 amide bonds. The minimum Gasteiger partial charge on any atom is -0.419 e. The molecule has 2 atom stereocenters. The molecule has 0 radical (unpaired) electrons. The topological polar surface area (TPSA) is 51.0 Å². The molecule has 4 nitrogen and oxygen atoms in total. The van der Waals surface area contributed by atoms with Crippen molar-refractivity contribution >= 4 is 0 Å². The molecule has 0 spiro atoms. The highest BCUT2D eigenvalue weighted by Gasteiger charge is 2.20. The molecule has 0 aliphatic rings. The number of nitrogens with zero attached hydrogens (tertiary/aromatic N) is 2. The van der Waals surface area contributed by atoms with Crippen molar-refractivity contribution in [2.24, 2.45) is 0 Å². The number of rotatable bonds is 7. The van der Waals surface area contributed by atoms with E-state index in [9.17, 15) is 0 Å². The molecule has 4 heteroatoms. The molecule has 0 bridgehead atoms. The Morgan fingerprint density at radius 3 is 2.17 bits per heavy atom. The molecular formula is C25H25N3O. The van der Waals surface area contributed by atoms with Crippen LogP contribution in [0.5, 0.6) is 0 Å². The lowest BCUT2D eigenvalue weighted by Gasteiger charge is -2.22. The van der Waals surface area contributed by atoms with Crippen LogP contribution in [0.2, 0.25) is 0 Å². The largest absolute Gasteiger partial charge is 0.419 e. The van der Waals surface area contributed by atoms with E-state index in [2.05, 4.69) is 77.9 Å². The second kappa shape index (κ2) is 8.84. The molecule has 0 saturated heterocycles. The van der Waals surface area contributed by atoms with E-state index in [1.165, 1.54) is 16.7 Å². The molecule has 3 aromatic carbocycles. The number of nitrogens with one attached hydrogen (secondary N) is 1. The van der Waals surface area contributed by atoms with Crippen molar-refractivity contribution < 1.29 is 4.42 Å². The fourth-order valence-corrected chi connectivity index (χ4v) is 3.40. The maximum absolute atomic E-state index is 5.97. The Kier molecular flexibility index (Phi) is 5.82. The van der Waals surface area contributed by atoms with Gasteiger partial charge >= 0.3 is 0 Å². The molecule has 4 rings (SSSR count). The number of aryl methyl sites for hydroxylation is 1. The van der Waals surface area contributed by atoms with Crippen molar-refractivity contribution in [3.8, 4) is 11.5 Å². The van der Waals surface area contributed by atoms with Crippen LogP contribution in [0.1, 0.15) is 41.6 Å². The average molecular weight is 383 g/mol. The van der Waals surface area contributed by atoms with Crippen LogP contribution >= 0.6 is 0 Å². The van der Waals surface area contributed by atoms with E-state index in [4.69, 9.17) is 4.42 Å². The fraction of sp³-hybridized carbons (Fsp3) is 0.200. The second-order valence-electron chi connectivity index (χ2n) is 7.35. The summed E-state index contributed by atoms with van der Waals surface area (Å²) < 4.78 is 5.97. The molecule has 1 aromatic heterocycles. The summed E-state index contributed by atoms with van der Waals surface area (Å²) in [5.74, 6) is 1.14. The van der Waals surface area contributed by atoms with Gasteiger partial charge in [-0.15, -0.1) is 10.2 Å². The van der Waals surface area contributed by atoms with Crippen LogP contribution in [0.3, 0.4) is 0 Å². The maximum atomic E-state index is 5.97. The van der Waals surface area contributed by atoms with E-state index in [-0.39, 0.29) is 12.1 Å². The number of aromatic nitrogens is 2.